The molecule has 1 saturated carbocycles. The maximum atomic E-state index is 9.57. The predicted molar refractivity (Wildman–Crippen MR) is 55.2 cm³/mol. The Morgan fingerprint density at radius 2 is 2.00 bits per heavy atom. The molecule has 1 aliphatic carbocycles. The summed E-state index contributed by atoms with van der Waals surface area (Å²) >= 11 is 0. The van der Waals surface area contributed by atoms with Gasteiger partial charge >= 0.3 is 0 Å². The number of hydrogen-bond acceptors (Lipinski definition) is 3. The molecule has 3 nitrogen and oxygen atoms in total. The van der Waals surface area contributed by atoms with Crippen LogP contribution in [0.5, 0.6) is 0 Å². The standard InChI is InChI=1S/C11H21NO2/c13-11-3-1-2-10(8-11)9-12-4-6-14-7-5-12/h10-11,13H,1-9H2. The molecule has 1 N–H and O–H groups in total. The first-order valence-electron chi connectivity index (χ1n) is 5.83. The van der Waals surface area contributed by atoms with Crippen molar-refractivity contribution in [2.45, 2.75) is 31.8 Å². The summed E-state index contributed by atoms with van der Waals surface area (Å²) in [4.78, 5) is 2.48. The maximum Gasteiger partial charge on any atom is 0.0594 e. The maximum absolute atomic E-state index is 9.57. The number of aliphatic hydroxyl groups excluding tert-OH is 1. The predicted octanol–water partition coefficient (Wildman–Crippen LogP) is 0.870. The third-order valence-corrected chi connectivity index (χ3v) is 3.38. The molecule has 82 valence electrons. The average molecular weight is 199 g/mol. The second kappa shape index (κ2) is 5.10. The number of ether oxygens (including phenoxy) is 1. The van der Waals surface area contributed by atoms with E-state index in [4.69, 9.17) is 4.74 Å². The summed E-state index contributed by atoms with van der Waals surface area (Å²) in [5.74, 6) is 0.719. The summed E-state index contributed by atoms with van der Waals surface area (Å²) in [5, 5.41) is 9.57. The molecule has 2 atom stereocenters. The summed E-state index contributed by atoms with van der Waals surface area (Å²) in [6.45, 7) is 5.09. The minimum absolute atomic E-state index is 0.0326. The molecule has 0 amide bonds. The van der Waals surface area contributed by atoms with E-state index in [0.717, 1.165) is 45.1 Å². The van der Waals surface area contributed by atoms with Crippen LogP contribution in [-0.4, -0.2) is 49.0 Å². The van der Waals surface area contributed by atoms with Crippen LogP contribution in [-0.2, 0) is 4.74 Å². The van der Waals surface area contributed by atoms with E-state index in [-0.39, 0.29) is 6.10 Å². The molecule has 2 aliphatic rings. The molecule has 2 fully saturated rings. The highest BCUT2D eigenvalue weighted by Gasteiger charge is 2.22. The SMILES string of the molecule is OC1CCCC(CN2CCOCC2)C1. The smallest absolute Gasteiger partial charge is 0.0594 e. The second-order valence-corrected chi connectivity index (χ2v) is 4.60. The molecule has 1 aliphatic heterocycles. The fourth-order valence-corrected chi connectivity index (χ4v) is 2.58. The molecule has 0 aromatic heterocycles. The molecule has 3 heteroatoms. The molecule has 2 unspecified atom stereocenters. The fraction of sp³-hybridized carbons (Fsp3) is 1.00. The van der Waals surface area contributed by atoms with Crippen molar-refractivity contribution >= 4 is 0 Å². The topological polar surface area (TPSA) is 32.7 Å². The third-order valence-electron chi connectivity index (χ3n) is 3.38. The first-order chi connectivity index (χ1) is 6.84. The van der Waals surface area contributed by atoms with Gasteiger partial charge in [-0.2, -0.15) is 0 Å². The van der Waals surface area contributed by atoms with Gasteiger partial charge in [0.15, 0.2) is 0 Å². The summed E-state index contributed by atoms with van der Waals surface area (Å²) in [6.07, 6.45) is 4.50. The monoisotopic (exact) mass is 199 g/mol. The highest BCUT2D eigenvalue weighted by molar-refractivity contribution is 4.76. The van der Waals surface area contributed by atoms with Gasteiger partial charge in [0.25, 0.3) is 0 Å². The van der Waals surface area contributed by atoms with Gasteiger partial charge in [0.05, 0.1) is 19.3 Å². The van der Waals surface area contributed by atoms with Crippen LogP contribution in [0, 0.1) is 5.92 Å². The molecule has 14 heavy (non-hydrogen) atoms. The Morgan fingerprint density at radius 1 is 1.21 bits per heavy atom. The van der Waals surface area contributed by atoms with E-state index in [1.54, 1.807) is 0 Å². The van der Waals surface area contributed by atoms with E-state index in [0.29, 0.717) is 0 Å². The lowest BCUT2D eigenvalue weighted by Gasteiger charge is -2.33. The van der Waals surface area contributed by atoms with Crippen LogP contribution >= 0.6 is 0 Å². The molecule has 0 spiro atoms. The zero-order valence-electron chi connectivity index (χ0n) is 8.82. The normalized spacial score (nSPS) is 35.8. The zero-order valence-corrected chi connectivity index (χ0v) is 8.82. The van der Waals surface area contributed by atoms with Crippen molar-refractivity contribution in [3.05, 3.63) is 0 Å². The molecule has 1 heterocycles. The van der Waals surface area contributed by atoms with E-state index < -0.39 is 0 Å². The Kier molecular flexibility index (Phi) is 3.79. The van der Waals surface area contributed by atoms with E-state index >= 15 is 0 Å². The van der Waals surface area contributed by atoms with E-state index in [2.05, 4.69) is 4.90 Å². The Bertz CT molecular complexity index is 169. The lowest BCUT2D eigenvalue weighted by molar-refractivity contribution is 0.0185. The number of hydrogen-bond donors (Lipinski definition) is 1. The molecular formula is C11H21NO2. The van der Waals surface area contributed by atoms with Gasteiger partial charge in [-0.15, -0.1) is 0 Å². The van der Waals surface area contributed by atoms with Gasteiger partial charge in [0, 0.05) is 19.6 Å². The van der Waals surface area contributed by atoms with E-state index in [1.165, 1.54) is 19.4 Å². The Hall–Kier alpha value is -0.120. The largest absolute Gasteiger partial charge is 0.393 e. The van der Waals surface area contributed by atoms with Crippen LogP contribution in [0.4, 0.5) is 0 Å². The first-order valence-corrected chi connectivity index (χ1v) is 5.83. The highest BCUT2D eigenvalue weighted by Crippen LogP contribution is 2.25. The van der Waals surface area contributed by atoms with E-state index in [1.807, 2.05) is 0 Å². The Labute approximate surface area is 86.0 Å². The first kappa shape index (κ1) is 10.4. The third kappa shape index (κ3) is 2.94. The molecule has 0 bridgehead atoms. The Morgan fingerprint density at radius 3 is 2.71 bits per heavy atom. The van der Waals surface area contributed by atoms with Gasteiger partial charge in [0.1, 0.15) is 0 Å². The minimum Gasteiger partial charge on any atom is -0.393 e. The van der Waals surface area contributed by atoms with E-state index in [9.17, 15) is 5.11 Å². The van der Waals surface area contributed by atoms with Crippen molar-refractivity contribution < 1.29 is 9.84 Å². The Balaban J connectivity index is 1.72. The minimum atomic E-state index is -0.0326. The average Bonchev–Trinajstić information content (AvgIpc) is 2.19. The second-order valence-electron chi connectivity index (χ2n) is 4.60. The molecule has 0 aromatic carbocycles. The molecular weight excluding hydrogens is 178 g/mol. The van der Waals surface area contributed by atoms with Crippen LogP contribution in [0.3, 0.4) is 0 Å². The molecule has 2 rings (SSSR count). The fourth-order valence-electron chi connectivity index (χ4n) is 2.58. The lowest BCUT2D eigenvalue weighted by Crippen LogP contribution is -2.40. The van der Waals surface area contributed by atoms with Gasteiger partial charge in [-0.1, -0.05) is 6.42 Å². The van der Waals surface area contributed by atoms with Crippen LogP contribution in [0.2, 0.25) is 0 Å². The lowest BCUT2D eigenvalue weighted by atomic mass is 9.87. The van der Waals surface area contributed by atoms with Gasteiger partial charge in [-0.3, -0.25) is 4.90 Å². The van der Waals surface area contributed by atoms with Crippen molar-refractivity contribution in [1.82, 2.24) is 4.90 Å². The molecule has 1 saturated heterocycles. The molecule has 0 radical (unpaired) electrons. The van der Waals surface area contributed by atoms with Crippen LogP contribution in [0.25, 0.3) is 0 Å². The summed E-state index contributed by atoms with van der Waals surface area (Å²) < 4.78 is 5.32. The van der Waals surface area contributed by atoms with Gasteiger partial charge in [0.2, 0.25) is 0 Å². The van der Waals surface area contributed by atoms with Crippen molar-refractivity contribution in [3.63, 3.8) is 0 Å². The zero-order chi connectivity index (χ0) is 9.80. The number of aliphatic hydroxyl groups is 1. The van der Waals surface area contributed by atoms with Crippen molar-refractivity contribution in [2.75, 3.05) is 32.8 Å². The summed E-state index contributed by atoms with van der Waals surface area (Å²) in [5.41, 5.74) is 0. The number of rotatable bonds is 2. The number of nitrogens with zero attached hydrogens (tertiary/aromatic N) is 1. The van der Waals surface area contributed by atoms with Gasteiger partial charge in [-0.05, 0) is 25.2 Å². The van der Waals surface area contributed by atoms with Gasteiger partial charge in [-0.25, -0.2) is 0 Å². The van der Waals surface area contributed by atoms with Crippen molar-refractivity contribution in [1.29, 1.82) is 0 Å². The van der Waals surface area contributed by atoms with Crippen molar-refractivity contribution in [2.24, 2.45) is 5.92 Å². The molecule has 0 aromatic rings. The quantitative estimate of drug-likeness (QED) is 0.716. The van der Waals surface area contributed by atoms with Crippen LogP contribution in [0.1, 0.15) is 25.7 Å². The van der Waals surface area contributed by atoms with Crippen LogP contribution in [0.15, 0.2) is 0 Å². The number of morpholine rings is 1. The summed E-state index contributed by atoms with van der Waals surface area (Å²) in [6, 6.07) is 0. The highest BCUT2D eigenvalue weighted by atomic mass is 16.5. The van der Waals surface area contributed by atoms with Gasteiger partial charge < -0.3 is 9.84 Å². The summed E-state index contributed by atoms with van der Waals surface area (Å²) in [7, 11) is 0. The van der Waals surface area contributed by atoms with Crippen molar-refractivity contribution in [3.8, 4) is 0 Å². The van der Waals surface area contributed by atoms with Crippen LogP contribution < -0.4 is 0 Å².